The van der Waals surface area contributed by atoms with E-state index in [1.54, 1.807) is 13.0 Å². The van der Waals surface area contributed by atoms with Gasteiger partial charge in [0.1, 0.15) is 24.0 Å². The first-order valence-corrected chi connectivity index (χ1v) is 6.01. The van der Waals surface area contributed by atoms with Gasteiger partial charge in [-0.15, -0.1) is 10.2 Å². The first-order valence-electron chi connectivity index (χ1n) is 6.01. The van der Waals surface area contributed by atoms with E-state index >= 15 is 0 Å². The van der Waals surface area contributed by atoms with Gasteiger partial charge in [-0.05, 0) is 32.0 Å². The number of rotatable bonds is 4. The van der Waals surface area contributed by atoms with Crippen LogP contribution in [0.5, 0.6) is 5.75 Å². The van der Waals surface area contributed by atoms with Gasteiger partial charge in [0.15, 0.2) is 5.82 Å². The maximum absolute atomic E-state index is 13.2. The molecule has 6 heteroatoms. The van der Waals surface area contributed by atoms with Crippen LogP contribution in [0.1, 0.15) is 30.2 Å². The van der Waals surface area contributed by atoms with Gasteiger partial charge in [0.25, 0.3) is 0 Å². The van der Waals surface area contributed by atoms with Crippen molar-refractivity contribution in [2.45, 2.75) is 26.5 Å². The third-order valence-electron chi connectivity index (χ3n) is 3.00. The molecular weight excluding hydrogens is 247 g/mol. The Hall–Kier alpha value is -1.95. The molecule has 19 heavy (non-hydrogen) atoms. The molecular formula is C13H17FN4O. The molecule has 0 fully saturated rings. The number of hydrogen-bond acceptors (Lipinski definition) is 4. The molecule has 2 aromatic rings. The Labute approximate surface area is 111 Å². The molecule has 0 radical (unpaired) electrons. The van der Waals surface area contributed by atoms with Crippen molar-refractivity contribution >= 4 is 0 Å². The van der Waals surface area contributed by atoms with E-state index in [1.807, 2.05) is 18.5 Å². The zero-order valence-electron chi connectivity index (χ0n) is 11.2. The predicted molar refractivity (Wildman–Crippen MR) is 69.1 cm³/mol. The Kier molecular flexibility index (Phi) is 3.80. The van der Waals surface area contributed by atoms with E-state index in [0.717, 1.165) is 5.82 Å². The van der Waals surface area contributed by atoms with Crippen molar-refractivity contribution in [2.75, 3.05) is 0 Å². The summed E-state index contributed by atoms with van der Waals surface area (Å²) in [5.41, 5.74) is 6.44. The maximum Gasteiger partial charge on any atom is 0.170 e. The van der Waals surface area contributed by atoms with Gasteiger partial charge in [0.05, 0.1) is 0 Å². The van der Waals surface area contributed by atoms with Gasteiger partial charge in [-0.2, -0.15) is 0 Å². The summed E-state index contributed by atoms with van der Waals surface area (Å²) in [7, 11) is 1.87. The average molecular weight is 264 g/mol. The summed E-state index contributed by atoms with van der Waals surface area (Å²) < 4.78 is 20.7. The lowest BCUT2D eigenvalue weighted by atomic mass is 10.1. The Morgan fingerprint density at radius 2 is 2.16 bits per heavy atom. The third kappa shape index (κ3) is 2.90. The summed E-state index contributed by atoms with van der Waals surface area (Å²) in [6, 6.07) is 4.02. The van der Waals surface area contributed by atoms with Crippen molar-refractivity contribution in [3.05, 3.63) is 41.2 Å². The number of halogens is 1. The minimum absolute atomic E-state index is 0.267. The molecule has 2 rings (SSSR count). The molecule has 0 aliphatic rings. The molecule has 102 valence electrons. The van der Waals surface area contributed by atoms with Crippen molar-refractivity contribution in [1.82, 2.24) is 14.8 Å². The number of aryl methyl sites for hydroxylation is 1. The lowest BCUT2D eigenvalue weighted by molar-refractivity contribution is 0.286. The first kappa shape index (κ1) is 13.5. The van der Waals surface area contributed by atoms with Crippen molar-refractivity contribution in [1.29, 1.82) is 0 Å². The molecule has 0 saturated carbocycles. The molecule has 0 aliphatic carbocycles. The molecule has 1 unspecified atom stereocenters. The van der Waals surface area contributed by atoms with E-state index < -0.39 is 0 Å². The van der Waals surface area contributed by atoms with Gasteiger partial charge >= 0.3 is 0 Å². The number of nitrogens with zero attached hydrogens (tertiary/aromatic N) is 3. The highest BCUT2D eigenvalue weighted by atomic mass is 19.1. The molecule has 0 amide bonds. The van der Waals surface area contributed by atoms with E-state index in [9.17, 15) is 4.39 Å². The summed E-state index contributed by atoms with van der Waals surface area (Å²) in [5.74, 6) is 1.76. The molecule has 0 spiro atoms. The van der Waals surface area contributed by atoms with Crippen LogP contribution in [0, 0.1) is 12.7 Å². The van der Waals surface area contributed by atoms with Gasteiger partial charge < -0.3 is 15.0 Å². The van der Waals surface area contributed by atoms with Crippen LogP contribution in [0.15, 0.2) is 18.2 Å². The molecule has 1 heterocycles. The summed E-state index contributed by atoms with van der Waals surface area (Å²) in [6.07, 6.45) is 0. The van der Waals surface area contributed by atoms with Crippen LogP contribution in [0.3, 0.4) is 0 Å². The number of ether oxygens (including phenoxy) is 1. The molecule has 0 saturated heterocycles. The number of aromatic nitrogens is 3. The summed E-state index contributed by atoms with van der Waals surface area (Å²) in [6.45, 7) is 3.92. The minimum Gasteiger partial charge on any atom is -0.485 e. The third-order valence-corrected chi connectivity index (χ3v) is 3.00. The number of benzene rings is 1. The Balaban J connectivity index is 2.17. The number of hydrogen-bond donors (Lipinski definition) is 1. The van der Waals surface area contributed by atoms with Crippen molar-refractivity contribution in [3.8, 4) is 5.75 Å². The van der Waals surface area contributed by atoms with Crippen molar-refractivity contribution in [2.24, 2.45) is 12.8 Å². The monoisotopic (exact) mass is 264 g/mol. The first-order chi connectivity index (χ1) is 8.99. The van der Waals surface area contributed by atoms with Gasteiger partial charge in [0, 0.05) is 18.7 Å². The smallest absolute Gasteiger partial charge is 0.170 e. The van der Waals surface area contributed by atoms with Gasteiger partial charge in [-0.3, -0.25) is 0 Å². The fourth-order valence-corrected chi connectivity index (χ4v) is 1.73. The highest BCUT2D eigenvalue weighted by molar-refractivity contribution is 5.36. The zero-order valence-corrected chi connectivity index (χ0v) is 11.2. The van der Waals surface area contributed by atoms with E-state index in [0.29, 0.717) is 17.1 Å². The summed E-state index contributed by atoms with van der Waals surface area (Å²) >= 11 is 0. The van der Waals surface area contributed by atoms with Crippen LogP contribution in [0.25, 0.3) is 0 Å². The van der Waals surface area contributed by atoms with Crippen LogP contribution >= 0.6 is 0 Å². The van der Waals surface area contributed by atoms with Crippen LogP contribution in [-0.2, 0) is 13.7 Å². The zero-order chi connectivity index (χ0) is 14.0. The van der Waals surface area contributed by atoms with Crippen LogP contribution in [0.4, 0.5) is 4.39 Å². The van der Waals surface area contributed by atoms with Gasteiger partial charge in [0.2, 0.25) is 0 Å². The van der Waals surface area contributed by atoms with E-state index in [2.05, 4.69) is 10.2 Å². The minimum atomic E-state index is -0.325. The van der Waals surface area contributed by atoms with Crippen LogP contribution < -0.4 is 10.5 Å². The second-order valence-corrected chi connectivity index (χ2v) is 4.48. The fraction of sp³-hybridized carbons (Fsp3) is 0.385. The topological polar surface area (TPSA) is 66.0 Å². The van der Waals surface area contributed by atoms with Crippen LogP contribution in [0.2, 0.25) is 0 Å². The largest absolute Gasteiger partial charge is 0.485 e. The van der Waals surface area contributed by atoms with E-state index in [4.69, 9.17) is 10.5 Å². The van der Waals surface area contributed by atoms with E-state index in [1.165, 1.54) is 12.1 Å². The lowest BCUT2D eigenvalue weighted by Gasteiger charge is -2.13. The molecule has 5 nitrogen and oxygen atoms in total. The molecule has 2 N–H and O–H groups in total. The molecule has 1 atom stereocenters. The quantitative estimate of drug-likeness (QED) is 0.915. The van der Waals surface area contributed by atoms with Crippen molar-refractivity contribution < 1.29 is 9.13 Å². The highest BCUT2D eigenvalue weighted by Crippen LogP contribution is 2.25. The molecule has 0 aliphatic heterocycles. The Bertz CT molecular complexity index is 580. The normalized spacial score (nSPS) is 12.5. The van der Waals surface area contributed by atoms with Crippen molar-refractivity contribution in [3.63, 3.8) is 0 Å². The van der Waals surface area contributed by atoms with E-state index in [-0.39, 0.29) is 18.5 Å². The molecule has 1 aromatic carbocycles. The Morgan fingerprint density at radius 3 is 2.74 bits per heavy atom. The highest BCUT2D eigenvalue weighted by Gasteiger charge is 2.11. The van der Waals surface area contributed by atoms with Crippen LogP contribution in [-0.4, -0.2) is 14.8 Å². The van der Waals surface area contributed by atoms with Gasteiger partial charge in [-0.1, -0.05) is 0 Å². The SMILES string of the molecule is Cc1nnc(COc2ccc(F)cc2C(C)N)n1C. The molecule has 0 bridgehead atoms. The average Bonchev–Trinajstić information content (AvgIpc) is 2.68. The second kappa shape index (κ2) is 5.36. The van der Waals surface area contributed by atoms with Gasteiger partial charge in [-0.25, -0.2) is 4.39 Å². The Morgan fingerprint density at radius 1 is 1.42 bits per heavy atom. The number of nitrogens with two attached hydrogens (primary N) is 1. The lowest BCUT2D eigenvalue weighted by Crippen LogP contribution is -2.10. The summed E-state index contributed by atoms with van der Waals surface area (Å²) in [5, 5.41) is 7.95. The standard InChI is InChI=1S/C13H17FN4O/c1-8(15)11-6-10(14)4-5-12(11)19-7-13-17-16-9(2)18(13)3/h4-6,8H,7,15H2,1-3H3. The molecule has 1 aromatic heterocycles. The fourth-order valence-electron chi connectivity index (χ4n) is 1.73. The maximum atomic E-state index is 13.2. The second-order valence-electron chi connectivity index (χ2n) is 4.48. The summed E-state index contributed by atoms with van der Waals surface area (Å²) in [4.78, 5) is 0. The predicted octanol–water partition coefficient (Wildman–Crippen LogP) is 1.86.